The lowest BCUT2D eigenvalue weighted by Gasteiger charge is -2.19. The van der Waals surface area contributed by atoms with Crippen molar-refractivity contribution in [2.45, 2.75) is 12.5 Å². The van der Waals surface area contributed by atoms with Crippen molar-refractivity contribution < 1.29 is 4.74 Å². The maximum atomic E-state index is 8.65. The average molecular weight is 331 g/mol. The summed E-state index contributed by atoms with van der Waals surface area (Å²) in [5, 5.41) is 8.65. The van der Waals surface area contributed by atoms with Crippen LogP contribution in [0.1, 0.15) is 17.2 Å². The van der Waals surface area contributed by atoms with Gasteiger partial charge in [-0.3, -0.25) is 0 Å². The Balaban J connectivity index is 2.14. The van der Waals surface area contributed by atoms with Crippen molar-refractivity contribution in [1.82, 2.24) is 0 Å². The van der Waals surface area contributed by atoms with Gasteiger partial charge >= 0.3 is 0 Å². The Labute approximate surface area is 127 Å². The summed E-state index contributed by atoms with van der Waals surface area (Å²) in [6.07, 6.45) is 0.206. The minimum Gasteiger partial charge on any atom is -0.484 e. The van der Waals surface area contributed by atoms with Gasteiger partial charge in [-0.1, -0.05) is 46.3 Å². The molecule has 1 atom stereocenters. The molecule has 0 aliphatic carbocycles. The van der Waals surface area contributed by atoms with Gasteiger partial charge in [0.1, 0.15) is 11.9 Å². The number of benzene rings is 2. The molecular formula is C16H15BrN2O. The SMILES string of the molecule is N#CCc1ccc(OC(CN)c2ccccc2Br)cc1. The fourth-order valence-electron chi connectivity index (χ4n) is 1.92. The summed E-state index contributed by atoms with van der Waals surface area (Å²) in [5.41, 5.74) is 7.81. The zero-order valence-electron chi connectivity index (χ0n) is 10.9. The van der Waals surface area contributed by atoms with Crippen LogP contribution in [0.5, 0.6) is 5.75 Å². The molecule has 4 heteroatoms. The van der Waals surface area contributed by atoms with Gasteiger partial charge in [0.05, 0.1) is 12.5 Å². The molecule has 2 aromatic rings. The molecule has 0 aliphatic rings. The normalized spacial score (nSPS) is 11.7. The monoisotopic (exact) mass is 330 g/mol. The van der Waals surface area contributed by atoms with E-state index in [9.17, 15) is 0 Å². The molecule has 2 N–H and O–H groups in total. The van der Waals surface area contributed by atoms with Crippen molar-refractivity contribution in [2.24, 2.45) is 5.73 Å². The zero-order chi connectivity index (χ0) is 14.4. The van der Waals surface area contributed by atoms with Crippen LogP contribution in [0.15, 0.2) is 53.0 Å². The van der Waals surface area contributed by atoms with E-state index in [0.717, 1.165) is 21.3 Å². The second kappa shape index (κ2) is 7.09. The van der Waals surface area contributed by atoms with Crippen molar-refractivity contribution in [3.8, 4) is 11.8 Å². The highest BCUT2D eigenvalue weighted by Gasteiger charge is 2.14. The van der Waals surface area contributed by atoms with Crippen molar-refractivity contribution >= 4 is 15.9 Å². The van der Waals surface area contributed by atoms with Crippen LogP contribution >= 0.6 is 15.9 Å². The Morgan fingerprint density at radius 2 is 1.85 bits per heavy atom. The van der Waals surface area contributed by atoms with Gasteiger partial charge in [-0.2, -0.15) is 5.26 Å². The van der Waals surface area contributed by atoms with Gasteiger partial charge in [0.2, 0.25) is 0 Å². The van der Waals surface area contributed by atoms with Gasteiger partial charge in [0, 0.05) is 16.6 Å². The Morgan fingerprint density at radius 3 is 2.45 bits per heavy atom. The summed E-state index contributed by atoms with van der Waals surface area (Å²) >= 11 is 3.51. The van der Waals surface area contributed by atoms with E-state index >= 15 is 0 Å². The van der Waals surface area contributed by atoms with Gasteiger partial charge in [0.15, 0.2) is 0 Å². The molecule has 0 spiro atoms. The number of ether oxygens (including phenoxy) is 1. The molecule has 0 amide bonds. The maximum Gasteiger partial charge on any atom is 0.137 e. The lowest BCUT2D eigenvalue weighted by atomic mass is 10.1. The topological polar surface area (TPSA) is 59.0 Å². The smallest absolute Gasteiger partial charge is 0.137 e. The van der Waals surface area contributed by atoms with Gasteiger partial charge in [-0.25, -0.2) is 0 Å². The first kappa shape index (κ1) is 14.6. The van der Waals surface area contributed by atoms with E-state index in [1.807, 2.05) is 48.5 Å². The molecule has 0 aromatic heterocycles. The highest BCUT2D eigenvalue weighted by molar-refractivity contribution is 9.10. The highest BCUT2D eigenvalue weighted by atomic mass is 79.9. The molecule has 0 heterocycles. The standard InChI is InChI=1S/C16H15BrN2O/c17-15-4-2-1-3-14(15)16(11-19)20-13-7-5-12(6-8-13)9-10-18/h1-8,16H,9,11,19H2. The summed E-state index contributed by atoms with van der Waals surface area (Å²) in [4.78, 5) is 0. The predicted octanol–water partition coefficient (Wildman–Crippen LogP) is 3.59. The van der Waals surface area contributed by atoms with Crippen LogP contribution < -0.4 is 10.5 Å². The Hall–Kier alpha value is -1.83. The van der Waals surface area contributed by atoms with E-state index in [0.29, 0.717) is 13.0 Å². The molecule has 0 bridgehead atoms. The minimum absolute atomic E-state index is 0.201. The summed E-state index contributed by atoms with van der Waals surface area (Å²) in [6.45, 7) is 0.391. The average Bonchev–Trinajstić information content (AvgIpc) is 2.48. The number of nitrogens with zero attached hydrogens (tertiary/aromatic N) is 1. The summed E-state index contributed by atoms with van der Waals surface area (Å²) in [5.74, 6) is 0.748. The second-order valence-corrected chi connectivity index (χ2v) is 5.20. The summed E-state index contributed by atoms with van der Waals surface area (Å²) in [6, 6.07) is 17.5. The number of hydrogen-bond donors (Lipinski definition) is 1. The van der Waals surface area contributed by atoms with Crippen LogP contribution in [-0.4, -0.2) is 6.54 Å². The minimum atomic E-state index is -0.201. The van der Waals surface area contributed by atoms with Crippen LogP contribution in [0.3, 0.4) is 0 Å². The maximum absolute atomic E-state index is 8.65. The fourth-order valence-corrected chi connectivity index (χ4v) is 2.46. The van der Waals surface area contributed by atoms with E-state index in [-0.39, 0.29) is 6.10 Å². The van der Waals surface area contributed by atoms with Crippen LogP contribution in [0.25, 0.3) is 0 Å². The Morgan fingerprint density at radius 1 is 1.15 bits per heavy atom. The van der Waals surface area contributed by atoms with Crippen LogP contribution in [0, 0.1) is 11.3 Å². The van der Waals surface area contributed by atoms with Crippen molar-refractivity contribution in [1.29, 1.82) is 5.26 Å². The van der Waals surface area contributed by atoms with E-state index in [1.54, 1.807) is 0 Å². The van der Waals surface area contributed by atoms with E-state index in [2.05, 4.69) is 22.0 Å². The van der Waals surface area contributed by atoms with E-state index in [4.69, 9.17) is 15.7 Å². The molecule has 0 saturated heterocycles. The van der Waals surface area contributed by atoms with Crippen LogP contribution in [0.4, 0.5) is 0 Å². The zero-order valence-corrected chi connectivity index (χ0v) is 12.5. The van der Waals surface area contributed by atoms with Gasteiger partial charge in [-0.05, 0) is 23.8 Å². The largest absolute Gasteiger partial charge is 0.484 e. The van der Waals surface area contributed by atoms with Crippen molar-refractivity contribution in [3.05, 3.63) is 64.1 Å². The third-order valence-corrected chi connectivity index (χ3v) is 3.67. The number of rotatable bonds is 5. The van der Waals surface area contributed by atoms with Crippen molar-refractivity contribution in [2.75, 3.05) is 6.54 Å². The third-order valence-electron chi connectivity index (χ3n) is 2.95. The first-order valence-electron chi connectivity index (χ1n) is 6.31. The first-order valence-corrected chi connectivity index (χ1v) is 7.11. The lowest BCUT2D eigenvalue weighted by molar-refractivity contribution is 0.213. The van der Waals surface area contributed by atoms with Gasteiger partial charge < -0.3 is 10.5 Å². The Bertz CT molecular complexity index is 605. The molecule has 2 rings (SSSR count). The summed E-state index contributed by atoms with van der Waals surface area (Å²) < 4.78 is 6.91. The molecule has 3 nitrogen and oxygen atoms in total. The first-order chi connectivity index (χ1) is 9.74. The molecule has 20 heavy (non-hydrogen) atoms. The number of hydrogen-bond acceptors (Lipinski definition) is 3. The Kier molecular flexibility index (Phi) is 5.16. The molecule has 0 radical (unpaired) electrons. The van der Waals surface area contributed by atoms with Crippen LogP contribution in [0.2, 0.25) is 0 Å². The van der Waals surface area contributed by atoms with E-state index in [1.165, 1.54) is 0 Å². The third kappa shape index (κ3) is 3.60. The quantitative estimate of drug-likeness (QED) is 0.911. The predicted molar refractivity (Wildman–Crippen MR) is 82.3 cm³/mol. The van der Waals surface area contributed by atoms with Crippen LogP contribution in [-0.2, 0) is 6.42 Å². The second-order valence-electron chi connectivity index (χ2n) is 4.34. The highest BCUT2D eigenvalue weighted by Crippen LogP contribution is 2.27. The molecule has 0 fully saturated rings. The van der Waals surface area contributed by atoms with Gasteiger partial charge in [-0.15, -0.1) is 0 Å². The molecular weight excluding hydrogens is 316 g/mol. The number of halogens is 1. The number of nitrogens with two attached hydrogens (primary N) is 1. The molecule has 2 aromatic carbocycles. The fraction of sp³-hybridized carbons (Fsp3) is 0.188. The molecule has 1 unspecified atom stereocenters. The summed E-state index contributed by atoms with van der Waals surface area (Å²) in [7, 11) is 0. The molecule has 102 valence electrons. The van der Waals surface area contributed by atoms with Crippen molar-refractivity contribution in [3.63, 3.8) is 0 Å². The molecule has 0 aliphatic heterocycles. The molecule has 0 saturated carbocycles. The number of nitriles is 1. The lowest BCUT2D eigenvalue weighted by Crippen LogP contribution is -2.18. The van der Waals surface area contributed by atoms with E-state index < -0.39 is 0 Å². The van der Waals surface area contributed by atoms with Gasteiger partial charge in [0.25, 0.3) is 0 Å².